The number of nitrogens with one attached hydrogen (secondary N) is 1. The van der Waals surface area contributed by atoms with Gasteiger partial charge >= 0.3 is 6.09 Å². The number of alkyl halides is 1. The van der Waals surface area contributed by atoms with Crippen LogP contribution in [0.25, 0.3) is 0 Å². The van der Waals surface area contributed by atoms with Gasteiger partial charge in [-0.05, 0) is 49.1 Å². The zero-order chi connectivity index (χ0) is 26.5. The first-order valence-electron chi connectivity index (χ1n) is 13.0. The first kappa shape index (κ1) is 25.8. The van der Waals surface area contributed by atoms with E-state index in [1.807, 2.05) is 41.3 Å². The number of carbonyl (C=O) groups is 2. The fraction of sp³-hybridized carbons (Fsp3) is 0.379. The molecule has 2 amide bonds. The second-order valence-corrected chi connectivity index (χ2v) is 10.5. The van der Waals surface area contributed by atoms with Gasteiger partial charge in [0, 0.05) is 44.2 Å². The molecular formula is C29H30ClN5O3. The van der Waals surface area contributed by atoms with E-state index in [0.717, 1.165) is 43.7 Å². The molecule has 1 aliphatic carbocycles. The van der Waals surface area contributed by atoms with Crippen LogP contribution in [0.1, 0.15) is 24.8 Å². The minimum absolute atomic E-state index is 0.0365. The van der Waals surface area contributed by atoms with Crippen LogP contribution in [0.4, 0.5) is 10.6 Å². The molecule has 2 aromatic rings. The zero-order valence-electron chi connectivity index (χ0n) is 21.0. The molecule has 2 saturated heterocycles. The van der Waals surface area contributed by atoms with Gasteiger partial charge in [0.2, 0.25) is 5.91 Å². The van der Waals surface area contributed by atoms with Crippen LogP contribution in [-0.2, 0) is 4.79 Å². The standard InChI is InChI=1S/C29H30ClN5O3/c30-23-9-7-21(8-10-23)25-18-35(19-26(25)33-29(37)38-24-4-2-1-3-5-24)28(36)22-12-14-34(15-13-22)27-11-6-20(16-31)17-32-27/h1-9,11,17,22-23,25-26H,10,12-15,18-19H2,(H,33,37)/t23?,25-,26+/m0/s1. The van der Waals surface area contributed by atoms with E-state index in [2.05, 4.69) is 27.3 Å². The van der Waals surface area contributed by atoms with Crippen molar-refractivity contribution >= 4 is 29.4 Å². The highest BCUT2D eigenvalue weighted by Gasteiger charge is 2.40. The van der Waals surface area contributed by atoms with E-state index in [4.69, 9.17) is 21.6 Å². The number of para-hydroxylation sites is 1. The van der Waals surface area contributed by atoms with Crippen LogP contribution < -0.4 is 15.0 Å². The van der Waals surface area contributed by atoms with Gasteiger partial charge in [-0.3, -0.25) is 4.79 Å². The molecule has 0 spiro atoms. The van der Waals surface area contributed by atoms with E-state index in [-0.39, 0.29) is 29.2 Å². The smallest absolute Gasteiger partial charge is 0.410 e. The fourth-order valence-electron chi connectivity index (χ4n) is 5.38. The number of ether oxygens (including phenoxy) is 1. The van der Waals surface area contributed by atoms with Gasteiger partial charge in [-0.15, -0.1) is 11.6 Å². The molecule has 2 fully saturated rings. The van der Waals surface area contributed by atoms with Crippen molar-refractivity contribution in [2.45, 2.75) is 30.7 Å². The van der Waals surface area contributed by atoms with Crippen molar-refractivity contribution in [1.82, 2.24) is 15.2 Å². The number of pyridine rings is 1. The van der Waals surface area contributed by atoms with Crippen molar-refractivity contribution in [3.05, 3.63) is 78.0 Å². The first-order valence-corrected chi connectivity index (χ1v) is 13.4. The molecule has 38 heavy (non-hydrogen) atoms. The van der Waals surface area contributed by atoms with Crippen LogP contribution in [0.2, 0.25) is 0 Å². The number of amides is 2. The summed E-state index contributed by atoms with van der Waals surface area (Å²) in [6, 6.07) is 14.4. The van der Waals surface area contributed by atoms with Gasteiger partial charge in [0.1, 0.15) is 17.6 Å². The number of anilines is 1. The molecule has 8 nitrogen and oxygen atoms in total. The summed E-state index contributed by atoms with van der Waals surface area (Å²) < 4.78 is 5.47. The maximum atomic E-state index is 13.6. The summed E-state index contributed by atoms with van der Waals surface area (Å²) in [5.41, 5.74) is 1.62. The van der Waals surface area contributed by atoms with Crippen LogP contribution in [-0.4, -0.2) is 59.5 Å². The summed E-state index contributed by atoms with van der Waals surface area (Å²) in [5.74, 6) is 1.30. The highest BCUT2D eigenvalue weighted by atomic mass is 35.5. The van der Waals surface area contributed by atoms with E-state index in [1.165, 1.54) is 0 Å². The molecule has 5 rings (SSSR count). The second-order valence-electron chi connectivity index (χ2n) is 9.90. The van der Waals surface area contributed by atoms with Crippen molar-refractivity contribution in [1.29, 1.82) is 5.26 Å². The Morgan fingerprint density at radius 2 is 1.89 bits per heavy atom. The van der Waals surface area contributed by atoms with Crippen LogP contribution >= 0.6 is 11.6 Å². The number of nitriles is 1. The van der Waals surface area contributed by atoms with Crippen LogP contribution in [0.3, 0.4) is 0 Å². The number of rotatable bonds is 5. The topological polar surface area (TPSA) is 98.6 Å². The average Bonchev–Trinajstić information content (AvgIpc) is 3.37. The summed E-state index contributed by atoms with van der Waals surface area (Å²) >= 11 is 6.24. The number of hydrogen-bond acceptors (Lipinski definition) is 6. The molecule has 1 aromatic heterocycles. The Morgan fingerprint density at radius 1 is 1.11 bits per heavy atom. The Balaban J connectivity index is 1.23. The first-order chi connectivity index (χ1) is 18.5. The van der Waals surface area contributed by atoms with E-state index in [1.54, 1.807) is 24.4 Å². The maximum absolute atomic E-state index is 13.6. The number of likely N-dealkylation sites (tertiary alicyclic amines) is 1. The number of nitrogens with zero attached hydrogens (tertiary/aromatic N) is 4. The van der Waals surface area contributed by atoms with Crippen molar-refractivity contribution in [3.8, 4) is 11.8 Å². The van der Waals surface area contributed by atoms with E-state index >= 15 is 0 Å². The number of aromatic nitrogens is 1. The number of carbonyl (C=O) groups excluding carboxylic acids is 2. The van der Waals surface area contributed by atoms with Crippen molar-refractivity contribution in [2.24, 2.45) is 11.8 Å². The Labute approximate surface area is 227 Å². The third kappa shape index (κ3) is 6.00. The number of benzene rings is 1. The van der Waals surface area contributed by atoms with E-state index in [0.29, 0.717) is 24.4 Å². The van der Waals surface area contributed by atoms with Gasteiger partial charge in [-0.25, -0.2) is 9.78 Å². The number of allylic oxidation sites excluding steroid dienone is 3. The summed E-state index contributed by atoms with van der Waals surface area (Å²) in [7, 11) is 0. The minimum Gasteiger partial charge on any atom is -0.410 e. The SMILES string of the molecule is N#Cc1ccc(N2CCC(C(=O)N3C[C@@H](NC(=O)Oc4ccccc4)[C@H](C4=CCC(Cl)C=C4)C3)CC2)nc1. The predicted molar refractivity (Wildman–Crippen MR) is 145 cm³/mol. The number of halogens is 1. The average molecular weight is 532 g/mol. The predicted octanol–water partition coefficient (Wildman–Crippen LogP) is 4.28. The van der Waals surface area contributed by atoms with Crippen molar-refractivity contribution in [2.75, 3.05) is 31.1 Å². The molecule has 3 atom stereocenters. The van der Waals surface area contributed by atoms with E-state index in [9.17, 15) is 9.59 Å². The molecule has 3 heterocycles. The summed E-state index contributed by atoms with van der Waals surface area (Å²) in [5, 5.41) is 12.0. The Bertz CT molecular complexity index is 1250. The number of piperidine rings is 1. The largest absolute Gasteiger partial charge is 0.412 e. The number of hydrogen-bond donors (Lipinski definition) is 1. The second kappa shape index (κ2) is 11.7. The summed E-state index contributed by atoms with van der Waals surface area (Å²) in [4.78, 5) is 34.7. The Morgan fingerprint density at radius 3 is 2.55 bits per heavy atom. The third-order valence-electron chi connectivity index (χ3n) is 7.44. The lowest BCUT2D eigenvalue weighted by molar-refractivity contribution is -0.135. The van der Waals surface area contributed by atoms with Crippen LogP contribution in [0, 0.1) is 23.2 Å². The van der Waals surface area contributed by atoms with Gasteiger partial charge in [0.15, 0.2) is 0 Å². The van der Waals surface area contributed by atoms with Crippen molar-refractivity contribution in [3.63, 3.8) is 0 Å². The molecule has 0 saturated carbocycles. The molecular weight excluding hydrogens is 502 g/mol. The normalized spacial score (nSPS) is 23.5. The monoisotopic (exact) mass is 531 g/mol. The molecule has 9 heteroatoms. The Hall–Kier alpha value is -3.83. The van der Waals surface area contributed by atoms with Gasteiger partial charge in [-0.2, -0.15) is 5.26 Å². The zero-order valence-corrected chi connectivity index (χ0v) is 21.8. The van der Waals surface area contributed by atoms with E-state index < -0.39 is 6.09 Å². The summed E-state index contributed by atoms with van der Waals surface area (Å²) in [6.07, 6.45) is 9.32. The molecule has 2 aliphatic heterocycles. The molecule has 0 radical (unpaired) electrons. The highest BCUT2D eigenvalue weighted by Crippen LogP contribution is 2.32. The van der Waals surface area contributed by atoms with Gasteiger partial charge in [0.25, 0.3) is 0 Å². The van der Waals surface area contributed by atoms with Gasteiger partial charge in [-0.1, -0.05) is 36.4 Å². The lowest BCUT2D eigenvalue weighted by atomic mass is 9.90. The molecule has 1 aromatic carbocycles. The summed E-state index contributed by atoms with van der Waals surface area (Å²) in [6.45, 7) is 2.42. The van der Waals surface area contributed by atoms with Crippen LogP contribution in [0.15, 0.2) is 72.5 Å². The Kier molecular flexibility index (Phi) is 7.94. The molecule has 1 N–H and O–H groups in total. The maximum Gasteiger partial charge on any atom is 0.412 e. The van der Waals surface area contributed by atoms with Gasteiger partial charge < -0.3 is 19.9 Å². The molecule has 1 unspecified atom stereocenters. The quantitative estimate of drug-likeness (QED) is 0.578. The molecule has 3 aliphatic rings. The highest BCUT2D eigenvalue weighted by molar-refractivity contribution is 6.22. The van der Waals surface area contributed by atoms with Crippen LogP contribution in [0.5, 0.6) is 5.75 Å². The lowest BCUT2D eigenvalue weighted by Crippen LogP contribution is -2.44. The lowest BCUT2D eigenvalue weighted by Gasteiger charge is -2.34. The fourth-order valence-corrected chi connectivity index (χ4v) is 5.54. The van der Waals surface area contributed by atoms with Crippen molar-refractivity contribution < 1.29 is 14.3 Å². The minimum atomic E-state index is -0.528. The van der Waals surface area contributed by atoms with Gasteiger partial charge in [0.05, 0.1) is 17.0 Å². The third-order valence-corrected chi connectivity index (χ3v) is 7.76. The molecule has 0 bridgehead atoms. The molecule has 196 valence electrons.